The van der Waals surface area contributed by atoms with E-state index in [-0.39, 0.29) is 18.2 Å². The van der Waals surface area contributed by atoms with Crippen LogP contribution in [-0.4, -0.2) is 12.1 Å². The van der Waals surface area contributed by atoms with Gasteiger partial charge < -0.3 is 9.47 Å². The zero-order chi connectivity index (χ0) is 17.8. The third kappa shape index (κ3) is 3.87. The van der Waals surface area contributed by atoms with Gasteiger partial charge in [0.05, 0.1) is 6.10 Å². The molecule has 0 amide bonds. The Balaban J connectivity index is 1.90. The van der Waals surface area contributed by atoms with Gasteiger partial charge in [0.15, 0.2) is 0 Å². The molecular weight excluding hydrogens is 312 g/mol. The summed E-state index contributed by atoms with van der Waals surface area (Å²) in [5.41, 5.74) is 2.10. The molecule has 3 heteroatoms. The Morgan fingerprint density at radius 3 is 2.76 bits per heavy atom. The number of benzene rings is 2. The zero-order valence-electron chi connectivity index (χ0n) is 15.2. The van der Waals surface area contributed by atoms with Crippen LogP contribution in [0.4, 0.5) is 0 Å². The second-order valence-corrected chi connectivity index (χ2v) is 6.82. The molecule has 1 aliphatic rings. The van der Waals surface area contributed by atoms with Crippen molar-refractivity contribution in [1.29, 1.82) is 0 Å². The molecule has 2 aromatic carbocycles. The van der Waals surface area contributed by atoms with Crippen molar-refractivity contribution in [3.63, 3.8) is 0 Å². The summed E-state index contributed by atoms with van der Waals surface area (Å²) in [7, 11) is 0. The van der Waals surface area contributed by atoms with E-state index >= 15 is 0 Å². The Kier molecular flexibility index (Phi) is 5.42. The van der Waals surface area contributed by atoms with E-state index in [1.54, 1.807) is 0 Å². The normalized spacial score (nSPS) is 15.6. The molecule has 0 aliphatic heterocycles. The molecule has 0 fully saturated rings. The van der Waals surface area contributed by atoms with Crippen molar-refractivity contribution >= 4 is 22.8 Å². The summed E-state index contributed by atoms with van der Waals surface area (Å²) < 4.78 is 11.7. The van der Waals surface area contributed by atoms with Crippen molar-refractivity contribution in [2.24, 2.45) is 0 Å². The van der Waals surface area contributed by atoms with Crippen LogP contribution in [0, 0.1) is 0 Å². The Morgan fingerprint density at radius 1 is 1.16 bits per heavy atom. The minimum Gasteiger partial charge on any atom is -0.490 e. The van der Waals surface area contributed by atoms with Crippen LogP contribution in [0.15, 0.2) is 36.4 Å². The fraction of sp³-hybridized carbons (Fsp3) is 0.409. The Hall–Kier alpha value is -2.29. The highest BCUT2D eigenvalue weighted by atomic mass is 16.5. The SMILES string of the molecule is CCCCCC(=O)OC1C=Cc2c(OC(C)C)ccc3cccc1c23. The number of esters is 1. The molecule has 132 valence electrons. The average molecular weight is 338 g/mol. The van der Waals surface area contributed by atoms with Gasteiger partial charge in [0.2, 0.25) is 0 Å². The van der Waals surface area contributed by atoms with Crippen LogP contribution in [0.5, 0.6) is 5.75 Å². The van der Waals surface area contributed by atoms with E-state index in [9.17, 15) is 4.79 Å². The topological polar surface area (TPSA) is 35.5 Å². The van der Waals surface area contributed by atoms with E-state index in [0.717, 1.165) is 46.9 Å². The molecule has 0 bridgehead atoms. The third-order valence-corrected chi connectivity index (χ3v) is 4.43. The van der Waals surface area contributed by atoms with Gasteiger partial charge in [-0.3, -0.25) is 4.79 Å². The fourth-order valence-corrected chi connectivity index (χ4v) is 3.29. The Morgan fingerprint density at radius 2 is 2.00 bits per heavy atom. The second kappa shape index (κ2) is 7.73. The van der Waals surface area contributed by atoms with Crippen molar-refractivity contribution in [2.45, 2.75) is 58.7 Å². The molecule has 1 unspecified atom stereocenters. The summed E-state index contributed by atoms with van der Waals surface area (Å²) in [4.78, 5) is 12.1. The summed E-state index contributed by atoms with van der Waals surface area (Å²) in [5.74, 6) is 0.747. The minimum absolute atomic E-state index is 0.114. The summed E-state index contributed by atoms with van der Waals surface area (Å²) in [6.07, 6.45) is 7.31. The van der Waals surface area contributed by atoms with Gasteiger partial charge >= 0.3 is 5.97 Å². The first-order valence-electron chi connectivity index (χ1n) is 9.20. The van der Waals surface area contributed by atoms with Crippen molar-refractivity contribution in [2.75, 3.05) is 0 Å². The maximum absolute atomic E-state index is 12.1. The van der Waals surface area contributed by atoms with Gasteiger partial charge in [-0.05, 0) is 43.2 Å². The monoisotopic (exact) mass is 338 g/mol. The van der Waals surface area contributed by atoms with E-state index in [1.165, 1.54) is 0 Å². The molecule has 0 N–H and O–H groups in total. The standard InChI is InChI=1S/C22H26O3/c1-4-5-6-10-21(23)25-20-14-12-18-19(24-15(2)3)13-11-16-8-7-9-17(20)22(16)18/h7-9,11-15,20H,4-6,10H2,1-3H3. The number of rotatable bonds is 7. The van der Waals surface area contributed by atoms with Crippen LogP contribution in [0.2, 0.25) is 0 Å². The number of hydrogen-bond donors (Lipinski definition) is 0. The molecule has 1 aliphatic carbocycles. The molecule has 0 radical (unpaired) electrons. The van der Waals surface area contributed by atoms with Crippen molar-refractivity contribution < 1.29 is 14.3 Å². The predicted octanol–water partition coefficient (Wildman–Crippen LogP) is 5.82. The van der Waals surface area contributed by atoms with Gasteiger partial charge in [0.1, 0.15) is 11.9 Å². The van der Waals surface area contributed by atoms with E-state index in [2.05, 4.69) is 19.1 Å². The van der Waals surface area contributed by atoms with Crippen LogP contribution in [0.1, 0.15) is 63.7 Å². The van der Waals surface area contributed by atoms with Crippen LogP contribution in [0.25, 0.3) is 16.8 Å². The molecular formula is C22H26O3. The second-order valence-electron chi connectivity index (χ2n) is 6.82. The van der Waals surface area contributed by atoms with Crippen LogP contribution < -0.4 is 4.74 Å². The summed E-state index contributed by atoms with van der Waals surface area (Å²) in [6, 6.07) is 10.2. The molecule has 3 rings (SSSR count). The number of carbonyl (C=O) groups excluding carboxylic acids is 1. The van der Waals surface area contributed by atoms with E-state index in [1.807, 2.05) is 44.2 Å². The lowest BCUT2D eigenvalue weighted by Gasteiger charge is -2.24. The van der Waals surface area contributed by atoms with Gasteiger partial charge in [-0.2, -0.15) is 0 Å². The largest absolute Gasteiger partial charge is 0.490 e. The minimum atomic E-state index is -0.320. The summed E-state index contributed by atoms with van der Waals surface area (Å²) in [5, 5.41) is 2.26. The quantitative estimate of drug-likeness (QED) is 0.471. The first kappa shape index (κ1) is 17.5. The van der Waals surface area contributed by atoms with Gasteiger partial charge in [0, 0.05) is 17.5 Å². The van der Waals surface area contributed by atoms with Gasteiger partial charge in [-0.1, -0.05) is 50.1 Å². The fourth-order valence-electron chi connectivity index (χ4n) is 3.29. The van der Waals surface area contributed by atoms with E-state index < -0.39 is 0 Å². The molecule has 0 saturated carbocycles. The molecule has 3 nitrogen and oxygen atoms in total. The zero-order valence-corrected chi connectivity index (χ0v) is 15.2. The first-order valence-corrected chi connectivity index (χ1v) is 9.20. The molecule has 0 saturated heterocycles. The highest BCUT2D eigenvalue weighted by molar-refractivity contribution is 5.97. The lowest BCUT2D eigenvalue weighted by molar-refractivity contribution is -0.147. The molecule has 1 atom stereocenters. The average Bonchev–Trinajstić information content (AvgIpc) is 2.59. The van der Waals surface area contributed by atoms with E-state index in [0.29, 0.717) is 6.42 Å². The first-order chi connectivity index (χ1) is 12.1. The van der Waals surface area contributed by atoms with Crippen LogP contribution in [-0.2, 0) is 9.53 Å². The third-order valence-electron chi connectivity index (χ3n) is 4.43. The van der Waals surface area contributed by atoms with Crippen LogP contribution >= 0.6 is 0 Å². The van der Waals surface area contributed by atoms with E-state index in [4.69, 9.17) is 9.47 Å². The number of ether oxygens (including phenoxy) is 2. The van der Waals surface area contributed by atoms with Crippen molar-refractivity contribution in [3.05, 3.63) is 47.5 Å². The van der Waals surface area contributed by atoms with Gasteiger partial charge in [-0.15, -0.1) is 0 Å². The maximum Gasteiger partial charge on any atom is 0.306 e. The lowest BCUT2D eigenvalue weighted by atomic mass is 9.90. The number of unbranched alkanes of at least 4 members (excludes halogenated alkanes) is 2. The molecule has 0 spiro atoms. The number of carbonyl (C=O) groups is 1. The smallest absolute Gasteiger partial charge is 0.306 e. The Bertz CT molecular complexity index is 789. The summed E-state index contributed by atoms with van der Waals surface area (Å²) in [6.45, 7) is 6.18. The van der Waals surface area contributed by atoms with Gasteiger partial charge in [0.25, 0.3) is 0 Å². The van der Waals surface area contributed by atoms with Gasteiger partial charge in [-0.25, -0.2) is 0 Å². The highest BCUT2D eigenvalue weighted by Gasteiger charge is 2.23. The van der Waals surface area contributed by atoms with Crippen LogP contribution in [0.3, 0.4) is 0 Å². The molecule has 25 heavy (non-hydrogen) atoms. The predicted molar refractivity (Wildman–Crippen MR) is 102 cm³/mol. The lowest BCUT2D eigenvalue weighted by Crippen LogP contribution is -2.13. The Labute approximate surface area is 149 Å². The molecule has 0 aromatic heterocycles. The maximum atomic E-state index is 12.1. The van der Waals surface area contributed by atoms with Crippen molar-refractivity contribution in [3.8, 4) is 5.75 Å². The molecule has 2 aromatic rings. The molecule has 0 heterocycles. The van der Waals surface area contributed by atoms with Crippen molar-refractivity contribution in [1.82, 2.24) is 0 Å². The number of hydrogen-bond acceptors (Lipinski definition) is 3. The summed E-state index contributed by atoms with van der Waals surface area (Å²) >= 11 is 0. The highest BCUT2D eigenvalue weighted by Crippen LogP contribution is 2.40.